The van der Waals surface area contributed by atoms with Crippen molar-refractivity contribution in [2.75, 3.05) is 0 Å². The monoisotopic (exact) mass is 226 g/mol. The number of amides is 2. The minimum Gasteiger partial charge on any atom is -0.364 e. The fraction of sp³-hybridized carbons (Fsp3) is 0.0769. The number of aromatic amines is 1. The first kappa shape index (κ1) is 9.84. The summed E-state index contributed by atoms with van der Waals surface area (Å²) in [7, 11) is 0. The van der Waals surface area contributed by atoms with Crippen molar-refractivity contribution in [1.29, 1.82) is 0 Å². The molecule has 0 radical (unpaired) electrons. The van der Waals surface area contributed by atoms with Gasteiger partial charge in [0, 0.05) is 11.9 Å². The lowest BCUT2D eigenvalue weighted by molar-refractivity contribution is 0.0640. The molecule has 2 aromatic rings. The predicted molar refractivity (Wildman–Crippen MR) is 61.4 cm³/mol. The van der Waals surface area contributed by atoms with Crippen LogP contribution in [0.1, 0.15) is 26.4 Å². The van der Waals surface area contributed by atoms with Crippen molar-refractivity contribution >= 4 is 11.8 Å². The Morgan fingerprint density at radius 2 is 1.59 bits per heavy atom. The number of hydrogen-bond donors (Lipinski definition) is 1. The van der Waals surface area contributed by atoms with Crippen LogP contribution in [0.3, 0.4) is 0 Å². The molecular weight excluding hydrogens is 216 g/mol. The number of carbonyl (C=O) groups is 2. The molecule has 84 valence electrons. The molecular formula is C13H10N2O2. The van der Waals surface area contributed by atoms with Gasteiger partial charge in [-0.1, -0.05) is 12.1 Å². The number of benzene rings is 1. The van der Waals surface area contributed by atoms with Crippen LogP contribution in [0.5, 0.6) is 0 Å². The first-order valence-corrected chi connectivity index (χ1v) is 5.35. The summed E-state index contributed by atoms with van der Waals surface area (Å²) in [5.41, 5.74) is 1.83. The Balaban J connectivity index is 1.95. The molecule has 3 rings (SSSR count). The first-order chi connectivity index (χ1) is 8.27. The molecule has 4 nitrogen and oxygen atoms in total. The average molecular weight is 226 g/mol. The van der Waals surface area contributed by atoms with E-state index in [2.05, 4.69) is 4.98 Å². The molecule has 0 spiro atoms. The van der Waals surface area contributed by atoms with E-state index in [0.717, 1.165) is 5.69 Å². The minimum absolute atomic E-state index is 0.222. The number of imide groups is 1. The molecule has 1 aromatic heterocycles. The standard InChI is InChI=1S/C13H10N2O2/c16-12-10-5-1-2-6-11(10)13(17)15(12)8-9-4-3-7-14-9/h1-7,14H,8H2. The third-order valence-corrected chi connectivity index (χ3v) is 2.87. The van der Waals surface area contributed by atoms with Crippen molar-refractivity contribution in [3.05, 3.63) is 59.4 Å². The van der Waals surface area contributed by atoms with Gasteiger partial charge in [0.1, 0.15) is 0 Å². The quantitative estimate of drug-likeness (QED) is 0.794. The van der Waals surface area contributed by atoms with E-state index in [1.807, 2.05) is 12.1 Å². The van der Waals surface area contributed by atoms with Crippen LogP contribution in [0.25, 0.3) is 0 Å². The number of nitrogens with one attached hydrogen (secondary N) is 1. The van der Waals surface area contributed by atoms with Crippen LogP contribution >= 0.6 is 0 Å². The van der Waals surface area contributed by atoms with Crippen molar-refractivity contribution < 1.29 is 9.59 Å². The van der Waals surface area contributed by atoms with E-state index >= 15 is 0 Å². The smallest absolute Gasteiger partial charge is 0.261 e. The Bertz CT molecular complexity index is 552. The number of fused-ring (bicyclic) bond motifs is 1. The third kappa shape index (κ3) is 1.45. The van der Waals surface area contributed by atoms with E-state index in [1.165, 1.54) is 4.90 Å². The number of carbonyl (C=O) groups excluding carboxylic acids is 2. The highest BCUT2D eigenvalue weighted by atomic mass is 16.2. The normalized spacial score (nSPS) is 14.2. The van der Waals surface area contributed by atoms with Gasteiger partial charge in [0.25, 0.3) is 11.8 Å². The average Bonchev–Trinajstić information content (AvgIpc) is 2.94. The van der Waals surface area contributed by atoms with Crippen LogP contribution in [0.4, 0.5) is 0 Å². The predicted octanol–water partition coefficient (Wildman–Crippen LogP) is 1.81. The topological polar surface area (TPSA) is 53.2 Å². The maximum atomic E-state index is 12.0. The second-order valence-corrected chi connectivity index (χ2v) is 3.94. The van der Waals surface area contributed by atoms with E-state index in [9.17, 15) is 9.59 Å². The molecule has 0 saturated heterocycles. The van der Waals surface area contributed by atoms with E-state index in [4.69, 9.17) is 0 Å². The molecule has 0 atom stereocenters. The van der Waals surface area contributed by atoms with Crippen LogP contribution in [0, 0.1) is 0 Å². The lowest BCUT2D eigenvalue weighted by Crippen LogP contribution is -2.29. The fourth-order valence-corrected chi connectivity index (χ4v) is 2.02. The molecule has 1 N–H and O–H groups in total. The second kappa shape index (κ2) is 3.59. The molecule has 0 bridgehead atoms. The highest BCUT2D eigenvalue weighted by Crippen LogP contribution is 2.23. The van der Waals surface area contributed by atoms with Gasteiger partial charge in [-0.15, -0.1) is 0 Å². The van der Waals surface area contributed by atoms with Crippen LogP contribution in [0.15, 0.2) is 42.6 Å². The Morgan fingerprint density at radius 1 is 0.941 bits per heavy atom. The Kier molecular flexibility index (Phi) is 2.08. The van der Waals surface area contributed by atoms with E-state index in [-0.39, 0.29) is 11.8 Å². The molecule has 2 heterocycles. The maximum Gasteiger partial charge on any atom is 0.261 e. The summed E-state index contributed by atoms with van der Waals surface area (Å²) in [6, 6.07) is 10.6. The fourth-order valence-electron chi connectivity index (χ4n) is 2.02. The summed E-state index contributed by atoms with van der Waals surface area (Å²) in [5, 5.41) is 0. The highest BCUT2D eigenvalue weighted by molar-refractivity contribution is 6.21. The van der Waals surface area contributed by atoms with E-state index < -0.39 is 0 Å². The van der Waals surface area contributed by atoms with Gasteiger partial charge >= 0.3 is 0 Å². The summed E-state index contributed by atoms with van der Waals surface area (Å²) >= 11 is 0. The zero-order valence-electron chi connectivity index (χ0n) is 9.01. The first-order valence-electron chi connectivity index (χ1n) is 5.35. The SMILES string of the molecule is O=C1c2ccccc2C(=O)N1Cc1ccc[nH]1. The van der Waals surface area contributed by atoms with Gasteiger partial charge in [-0.3, -0.25) is 14.5 Å². The number of nitrogens with zero attached hydrogens (tertiary/aromatic N) is 1. The van der Waals surface area contributed by atoms with Crippen LogP contribution < -0.4 is 0 Å². The molecule has 0 fully saturated rings. The summed E-state index contributed by atoms with van der Waals surface area (Å²) in [6.45, 7) is 0.291. The largest absolute Gasteiger partial charge is 0.364 e. The Hall–Kier alpha value is -2.36. The molecule has 1 aliphatic heterocycles. The van der Waals surface area contributed by atoms with Gasteiger partial charge in [-0.2, -0.15) is 0 Å². The Morgan fingerprint density at radius 3 is 2.12 bits per heavy atom. The highest BCUT2D eigenvalue weighted by Gasteiger charge is 2.34. The summed E-state index contributed by atoms with van der Waals surface area (Å²) < 4.78 is 0. The van der Waals surface area contributed by atoms with Crippen molar-refractivity contribution in [3.63, 3.8) is 0 Å². The molecule has 4 heteroatoms. The van der Waals surface area contributed by atoms with Crippen LogP contribution in [-0.4, -0.2) is 21.7 Å². The van der Waals surface area contributed by atoms with Crippen molar-refractivity contribution in [3.8, 4) is 0 Å². The summed E-state index contributed by atoms with van der Waals surface area (Å²) in [5.74, 6) is -0.444. The van der Waals surface area contributed by atoms with E-state index in [0.29, 0.717) is 17.7 Å². The summed E-state index contributed by atoms with van der Waals surface area (Å²) in [6.07, 6.45) is 1.77. The van der Waals surface area contributed by atoms with Gasteiger partial charge in [0.05, 0.1) is 17.7 Å². The van der Waals surface area contributed by atoms with Crippen LogP contribution in [0.2, 0.25) is 0 Å². The van der Waals surface area contributed by atoms with Crippen LogP contribution in [-0.2, 0) is 6.54 Å². The third-order valence-electron chi connectivity index (χ3n) is 2.87. The Labute approximate surface area is 97.9 Å². The molecule has 0 unspecified atom stereocenters. The van der Waals surface area contributed by atoms with Gasteiger partial charge < -0.3 is 4.98 Å². The van der Waals surface area contributed by atoms with Gasteiger partial charge in [-0.25, -0.2) is 0 Å². The van der Waals surface area contributed by atoms with E-state index in [1.54, 1.807) is 30.5 Å². The van der Waals surface area contributed by atoms with Crippen molar-refractivity contribution in [2.45, 2.75) is 6.54 Å². The molecule has 1 aliphatic rings. The molecule has 0 aliphatic carbocycles. The van der Waals surface area contributed by atoms with Gasteiger partial charge in [0.2, 0.25) is 0 Å². The lowest BCUT2D eigenvalue weighted by atomic mass is 10.1. The molecule has 0 saturated carbocycles. The van der Waals surface area contributed by atoms with Gasteiger partial charge in [0.15, 0.2) is 0 Å². The van der Waals surface area contributed by atoms with Crippen molar-refractivity contribution in [1.82, 2.24) is 9.88 Å². The zero-order valence-corrected chi connectivity index (χ0v) is 9.01. The number of aromatic nitrogens is 1. The molecule has 2 amide bonds. The van der Waals surface area contributed by atoms with Gasteiger partial charge in [-0.05, 0) is 24.3 Å². The number of H-pyrrole nitrogens is 1. The zero-order chi connectivity index (χ0) is 11.8. The second-order valence-electron chi connectivity index (χ2n) is 3.94. The maximum absolute atomic E-state index is 12.0. The lowest BCUT2D eigenvalue weighted by Gasteiger charge is -2.12. The molecule has 1 aromatic carbocycles. The molecule has 17 heavy (non-hydrogen) atoms. The minimum atomic E-state index is -0.222. The van der Waals surface area contributed by atoms with Crippen molar-refractivity contribution in [2.24, 2.45) is 0 Å². The number of rotatable bonds is 2. The summed E-state index contributed by atoms with van der Waals surface area (Å²) in [4.78, 5) is 28.3. The number of hydrogen-bond acceptors (Lipinski definition) is 2.